The number of anilines is 5. The lowest BCUT2D eigenvalue weighted by Crippen LogP contribution is -2.45. The summed E-state index contributed by atoms with van der Waals surface area (Å²) in [6.07, 6.45) is -2.92. The third-order valence-corrected chi connectivity index (χ3v) is 8.59. The largest absolute Gasteiger partial charge is 0.418 e. The number of nitrogens with zero attached hydrogens (tertiary/aromatic N) is 5. The highest BCUT2D eigenvalue weighted by molar-refractivity contribution is 7.89. The number of benzene rings is 2. The van der Waals surface area contributed by atoms with Gasteiger partial charge in [-0.1, -0.05) is 12.1 Å². The number of H-pyrrole nitrogens is 1. The Kier molecular flexibility index (Phi) is 7.33. The summed E-state index contributed by atoms with van der Waals surface area (Å²) in [5, 5.41) is 6.54. The number of nitrogens with one attached hydrogen (secondary N) is 3. The van der Waals surface area contributed by atoms with E-state index < -0.39 is 21.8 Å². The minimum absolute atomic E-state index is 0.0332. The van der Waals surface area contributed by atoms with Gasteiger partial charge in [-0.15, -0.1) is 0 Å². The molecule has 0 radical (unpaired) electrons. The van der Waals surface area contributed by atoms with E-state index in [-0.39, 0.29) is 28.0 Å². The van der Waals surface area contributed by atoms with Gasteiger partial charge in [0, 0.05) is 57.8 Å². The molecule has 1 aliphatic rings. The van der Waals surface area contributed by atoms with E-state index in [4.69, 9.17) is 0 Å². The number of likely N-dealkylation sites (N-methyl/N-ethyl adjacent to an activating group) is 1. The molecule has 2 aromatic carbocycles. The van der Waals surface area contributed by atoms with Crippen molar-refractivity contribution in [1.29, 1.82) is 0 Å². The Bertz CT molecular complexity index is 1630. The smallest absolute Gasteiger partial charge is 0.368 e. The molecular formula is C26H29F3N8O2S. The van der Waals surface area contributed by atoms with E-state index in [9.17, 15) is 21.6 Å². The number of sulfonamides is 1. The highest BCUT2D eigenvalue weighted by Gasteiger charge is 2.36. The van der Waals surface area contributed by atoms with Gasteiger partial charge in [0.25, 0.3) is 0 Å². The maximum atomic E-state index is 14.1. The van der Waals surface area contributed by atoms with Crippen molar-refractivity contribution in [2.75, 3.05) is 62.9 Å². The number of aromatic amines is 1. The maximum absolute atomic E-state index is 14.1. The van der Waals surface area contributed by atoms with Gasteiger partial charge in [0.2, 0.25) is 16.0 Å². The second-order valence-corrected chi connectivity index (χ2v) is 11.8. The molecule has 1 saturated heterocycles. The molecule has 212 valence electrons. The summed E-state index contributed by atoms with van der Waals surface area (Å²) in [6, 6.07) is 12.2. The third kappa shape index (κ3) is 5.55. The molecule has 0 amide bonds. The SMILES string of the molecule is CN1CCN(c2ccc(Nc3nc(Nc4ccccc4S(=O)(=O)N(C)C)c4cc[nH]c4n3)cc2C(F)(F)F)CC1. The van der Waals surface area contributed by atoms with Crippen molar-refractivity contribution in [1.82, 2.24) is 24.2 Å². The molecular weight excluding hydrogens is 545 g/mol. The first-order chi connectivity index (χ1) is 18.9. The van der Waals surface area contributed by atoms with E-state index in [1.165, 1.54) is 26.2 Å². The Morgan fingerprint density at radius 3 is 2.40 bits per heavy atom. The summed E-state index contributed by atoms with van der Waals surface area (Å²) < 4.78 is 69.1. The summed E-state index contributed by atoms with van der Waals surface area (Å²) in [5.74, 6) is 0.311. The topological polar surface area (TPSA) is 109 Å². The average molecular weight is 575 g/mol. The minimum Gasteiger partial charge on any atom is -0.368 e. The van der Waals surface area contributed by atoms with Gasteiger partial charge in [0.05, 0.1) is 16.6 Å². The number of halogens is 3. The number of alkyl halides is 3. The van der Waals surface area contributed by atoms with Gasteiger partial charge in [-0.3, -0.25) is 0 Å². The number of hydrogen-bond donors (Lipinski definition) is 3. The monoisotopic (exact) mass is 574 g/mol. The first kappa shape index (κ1) is 27.7. The van der Waals surface area contributed by atoms with E-state index >= 15 is 0 Å². The van der Waals surface area contributed by atoms with E-state index in [1.807, 2.05) is 7.05 Å². The molecule has 3 heterocycles. The number of para-hydroxylation sites is 1. The fourth-order valence-corrected chi connectivity index (χ4v) is 5.55. The summed E-state index contributed by atoms with van der Waals surface area (Å²) in [5.41, 5.74) is 0.257. The van der Waals surface area contributed by atoms with Crippen LogP contribution in [0.3, 0.4) is 0 Å². The fourth-order valence-electron chi connectivity index (χ4n) is 4.50. The van der Waals surface area contributed by atoms with Gasteiger partial charge in [-0.05, 0) is 43.4 Å². The summed E-state index contributed by atoms with van der Waals surface area (Å²) in [7, 11) is 1.05. The molecule has 2 aromatic heterocycles. The molecule has 1 fully saturated rings. The average Bonchev–Trinajstić information content (AvgIpc) is 3.38. The molecule has 0 unspecified atom stereocenters. The molecule has 5 rings (SSSR count). The molecule has 0 spiro atoms. The zero-order valence-corrected chi connectivity index (χ0v) is 22.9. The van der Waals surface area contributed by atoms with Crippen molar-refractivity contribution in [3.05, 3.63) is 60.3 Å². The van der Waals surface area contributed by atoms with Gasteiger partial charge in [-0.25, -0.2) is 12.7 Å². The van der Waals surface area contributed by atoms with E-state index in [1.54, 1.807) is 41.4 Å². The number of piperazine rings is 1. The predicted octanol–water partition coefficient (Wildman–Crippen LogP) is 4.47. The van der Waals surface area contributed by atoms with Crippen LogP contribution in [0.15, 0.2) is 59.6 Å². The van der Waals surface area contributed by atoms with Crippen LogP contribution < -0.4 is 15.5 Å². The highest BCUT2D eigenvalue weighted by Crippen LogP contribution is 2.39. The summed E-state index contributed by atoms with van der Waals surface area (Å²) in [6.45, 7) is 2.35. The summed E-state index contributed by atoms with van der Waals surface area (Å²) in [4.78, 5) is 15.7. The molecule has 1 aliphatic heterocycles. The zero-order chi connectivity index (χ0) is 28.7. The van der Waals surface area contributed by atoms with Crippen molar-refractivity contribution in [2.45, 2.75) is 11.1 Å². The Hall–Kier alpha value is -3.88. The Morgan fingerprint density at radius 2 is 1.70 bits per heavy atom. The molecule has 0 aliphatic carbocycles. The van der Waals surface area contributed by atoms with Gasteiger partial charge in [0.1, 0.15) is 16.4 Å². The zero-order valence-electron chi connectivity index (χ0n) is 22.1. The van der Waals surface area contributed by atoms with Gasteiger partial charge in [0.15, 0.2) is 0 Å². The number of rotatable bonds is 7. The normalized spacial score (nSPS) is 15.1. The first-order valence-electron chi connectivity index (χ1n) is 12.5. The van der Waals surface area contributed by atoms with Crippen molar-refractivity contribution in [3.8, 4) is 0 Å². The quantitative estimate of drug-likeness (QED) is 0.297. The number of fused-ring (bicyclic) bond motifs is 1. The molecule has 14 heteroatoms. The molecule has 10 nitrogen and oxygen atoms in total. The van der Waals surface area contributed by atoms with Crippen LogP contribution in [-0.4, -0.2) is 79.9 Å². The van der Waals surface area contributed by atoms with Gasteiger partial charge >= 0.3 is 6.18 Å². The molecule has 40 heavy (non-hydrogen) atoms. The van der Waals surface area contributed by atoms with E-state index in [0.717, 1.165) is 10.4 Å². The van der Waals surface area contributed by atoms with Gasteiger partial charge in [-0.2, -0.15) is 23.1 Å². The minimum atomic E-state index is -4.56. The molecule has 0 atom stereocenters. The van der Waals surface area contributed by atoms with Crippen LogP contribution in [0, 0.1) is 0 Å². The lowest BCUT2D eigenvalue weighted by Gasteiger charge is -2.35. The molecule has 3 N–H and O–H groups in total. The van der Waals surface area contributed by atoms with Crippen LogP contribution in [0.2, 0.25) is 0 Å². The van der Waals surface area contributed by atoms with Crippen LogP contribution in [-0.2, 0) is 16.2 Å². The number of hydrogen-bond acceptors (Lipinski definition) is 8. The van der Waals surface area contributed by atoms with Crippen molar-refractivity contribution in [3.63, 3.8) is 0 Å². The fraction of sp³-hybridized carbons (Fsp3) is 0.308. The van der Waals surface area contributed by atoms with Crippen LogP contribution in [0.25, 0.3) is 11.0 Å². The Morgan fingerprint density at radius 1 is 0.975 bits per heavy atom. The van der Waals surface area contributed by atoms with Crippen LogP contribution in [0.5, 0.6) is 0 Å². The summed E-state index contributed by atoms with van der Waals surface area (Å²) >= 11 is 0. The van der Waals surface area contributed by atoms with Crippen LogP contribution in [0.4, 0.5) is 42.0 Å². The van der Waals surface area contributed by atoms with Crippen molar-refractivity contribution in [2.24, 2.45) is 0 Å². The highest BCUT2D eigenvalue weighted by atomic mass is 32.2. The Balaban J connectivity index is 1.49. The van der Waals surface area contributed by atoms with Crippen molar-refractivity contribution >= 4 is 49.9 Å². The lowest BCUT2D eigenvalue weighted by atomic mass is 10.1. The maximum Gasteiger partial charge on any atom is 0.418 e. The van der Waals surface area contributed by atoms with Crippen molar-refractivity contribution < 1.29 is 21.6 Å². The second kappa shape index (κ2) is 10.6. The first-order valence-corrected chi connectivity index (χ1v) is 13.9. The van der Waals surface area contributed by atoms with E-state index in [0.29, 0.717) is 42.9 Å². The molecule has 4 aromatic rings. The second-order valence-electron chi connectivity index (χ2n) is 9.69. The number of aromatic nitrogens is 3. The molecule has 0 bridgehead atoms. The Labute approximate surface area is 229 Å². The third-order valence-electron chi connectivity index (χ3n) is 6.72. The molecule has 0 saturated carbocycles. The van der Waals surface area contributed by atoms with Crippen LogP contribution in [0.1, 0.15) is 5.56 Å². The standard InChI is InChI=1S/C26H29F3N8O2S/c1-35(2)40(38,39)22-7-5-4-6-20(22)32-24-18-10-11-30-23(18)33-25(34-24)31-17-8-9-21(19(16-17)26(27,28)29)37-14-12-36(3)13-15-37/h4-11,16H,12-15H2,1-3H3,(H3,30,31,32,33,34). The predicted molar refractivity (Wildman–Crippen MR) is 149 cm³/mol. The lowest BCUT2D eigenvalue weighted by molar-refractivity contribution is -0.137. The van der Waals surface area contributed by atoms with E-state index in [2.05, 4.69) is 30.5 Å². The van der Waals surface area contributed by atoms with Crippen LogP contribution >= 0.6 is 0 Å². The van der Waals surface area contributed by atoms with Gasteiger partial charge < -0.3 is 25.4 Å².